The lowest BCUT2D eigenvalue weighted by Gasteiger charge is -2.14. The van der Waals surface area contributed by atoms with E-state index in [9.17, 15) is 0 Å². The fraction of sp³-hybridized carbons (Fsp3) is 0.667. The molecule has 0 radical (unpaired) electrons. The second-order valence-electron chi connectivity index (χ2n) is 5.48. The largest absolute Gasteiger partial charge is 0.477 e. The Hall–Kier alpha value is -0.610. The molecule has 0 amide bonds. The molecule has 19 heavy (non-hydrogen) atoms. The summed E-state index contributed by atoms with van der Waals surface area (Å²) >= 11 is 3.48. The maximum absolute atomic E-state index is 5.89. The van der Waals surface area contributed by atoms with Crippen LogP contribution in [-0.2, 0) is 6.54 Å². The summed E-state index contributed by atoms with van der Waals surface area (Å²) < 4.78 is 6.90. The molecule has 0 saturated heterocycles. The van der Waals surface area contributed by atoms with Gasteiger partial charge in [-0.25, -0.2) is 4.98 Å². The van der Waals surface area contributed by atoms with Crippen LogP contribution in [0.25, 0.3) is 0 Å². The monoisotopic (exact) mass is 326 g/mol. The Morgan fingerprint density at radius 2 is 2.32 bits per heavy atom. The van der Waals surface area contributed by atoms with Gasteiger partial charge in [-0.2, -0.15) is 0 Å². The summed E-state index contributed by atoms with van der Waals surface area (Å²) in [4.78, 5) is 4.40. The van der Waals surface area contributed by atoms with Crippen LogP contribution >= 0.6 is 15.9 Å². The Labute approximate surface area is 124 Å². The van der Waals surface area contributed by atoms with E-state index in [1.54, 1.807) is 6.20 Å². The summed E-state index contributed by atoms with van der Waals surface area (Å²) in [6, 6.07) is 2.80. The van der Waals surface area contributed by atoms with Crippen LogP contribution < -0.4 is 10.1 Å². The molecule has 3 nitrogen and oxygen atoms in total. The normalized spacial score (nSPS) is 16.4. The molecule has 0 spiro atoms. The number of hydrogen-bond donors (Lipinski definition) is 1. The van der Waals surface area contributed by atoms with Crippen molar-refractivity contribution in [1.82, 2.24) is 10.3 Å². The highest BCUT2D eigenvalue weighted by Crippen LogP contribution is 2.24. The maximum Gasteiger partial charge on any atom is 0.217 e. The lowest BCUT2D eigenvalue weighted by molar-refractivity contribution is 0.240. The first kappa shape index (κ1) is 14.8. The third-order valence-electron chi connectivity index (χ3n) is 3.34. The van der Waals surface area contributed by atoms with Crippen molar-refractivity contribution in [3.8, 4) is 5.88 Å². The highest BCUT2D eigenvalue weighted by Gasteiger charge is 2.21. The molecule has 1 unspecified atom stereocenters. The van der Waals surface area contributed by atoms with E-state index in [-0.39, 0.29) is 0 Å². The summed E-state index contributed by atoms with van der Waals surface area (Å²) in [6.07, 6.45) is 6.80. The van der Waals surface area contributed by atoms with Crippen molar-refractivity contribution in [3.63, 3.8) is 0 Å². The van der Waals surface area contributed by atoms with Crippen molar-refractivity contribution in [2.75, 3.05) is 6.61 Å². The van der Waals surface area contributed by atoms with Crippen LogP contribution in [-0.4, -0.2) is 17.6 Å². The number of pyridine rings is 1. The van der Waals surface area contributed by atoms with Gasteiger partial charge in [0.25, 0.3) is 0 Å². The molecule has 1 aliphatic carbocycles. The molecule has 1 atom stereocenters. The standard InChI is InChI=1S/C15H23BrN2O/c1-3-4-11(2)10-19-15-12(7-13(16)9-18-15)8-17-14-5-6-14/h7,9,11,14,17H,3-6,8,10H2,1-2H3. The predicted octanol–water partition coefficient (Wildman–Crippen LogP) is 3.91. The van der Waals surface area contributed by atoms with Crippen LogP contribution in [0.2, 0.25) is 0 Å². The SMILES string of the molecule is CCCC(C)COc1ncc(Br)cc1CNC1CC1. The fourth-order valence-electron chi connectivity index (χ4n) is 2.06. The van der Waals surface area contributed by atoms with E-state index >= 15 is 0 Å². The van der Waals surface area contributed by atoms with Crippen molar-refractivity contribution in [1.29, 1.82) is 0 Å². The third-order valence-corrected chi connectivity index (χ3v) is 3.77. The predicted molar refractivity (Wildman–Crippen MR) is 81.4 cm³/mol. The van der Waals surface area contributed by atoms with Gasteiger partial charge in [0.15, 0.2) is 0 Å². The van der Waals surface area contributed by atoms with Gasteiger partial charge in [0.05, 0.1) is 6.61 Å². The van der Waals surface area contributed by atoms with E-state index < -0.39 is 0 Å². The highest BCUT2D eigenvalue weighted by atomic mass is 79.9. The molecule has 1 aromatic heterocycles. The molecule has 106 valence electrons. The van der Waals surface area contributed by atoms with Gasteiger partial charge in [-0.1, -0.05) is 20.3 Å². The average Bonchev–Trinajstić information content (AvgIpc) is 3.19. The van der Waals surface area contributed by atoms with Gasteiger partial charge < -0.3 is 10.1 Å². The summed E-state index contributed by atoms with van der Waals surface area (Å²) in [5.41, 5.74) is 1.14. The second-order valence-corrected chi connectivity index (χ2v) is 6.39. The molecule has 1 aromatic rings. The van der Waals surface area contributed by atoms with Crippen LogP contribution in [0.1, 0.15) is 45.1 Å². The highest BCUT2D eigenvalue weighted by molar-refractivity contribution is 9.10. The number of aromatic nitrogens is 1. The Morgan fingerprint density at radius 3 is 3.00 bits per heavy atom. The number of halogens is 1. The van der Waals surface area contributed by atoms with Gasteiger partial charge >= 0.3 is 0 Å². The van der Waals surface area contributed by atoms with Crippen LogP contribution in [0.5, 0.6) is 5.88 Å². The van der Waals surface area contributed by atoms with Gasteiger partial charge in [0.1, 0.15) is 0 Å². The number of rotatable bonds is 8. The summed E-state index contributed by atoms with van der Waals surface area (Å²) in [7, 11) is 0. The van der Waals surface area contributed by atoms with E-state index in [1.807, 2.05) is 0 Å². The molecule has 0 bridgehead atoms. The first-order valence-electron chi connectivity index (χ1n) is 7.19. The minimum absolute atomic E-state index is 0.583. The van der Waals surface area contributed by atoms with Gasteiger partial charge in [0, 0.05) is 28.8 Å². The topological polar surface area (TPSA) is 34.1 Å². The molecule has 1 saturated carbocycles. The summed E-state index contributed by atoms with van der Waals surface area (Å²) in [5, 5.41) is 3.51. The van der Waals surface area contributed by atoms with Gasteiger partial charge in [-0.3, -0.25) is 0 Å². The Balaban J connectivity index is 1.92. The quantitative estimate of drug-likeness (QED) is 0.786. The molecule has 2 rings (SSSR count). The van der Waals surface area contributed by atoms with E-state index in [0.717, 1.165) is 29.1 Å². The molecule has 1 heterocycles. The number of nitrogens with zero attached hydrogens (tertiary/aromatic N) is 1. The summed E-state index contributed by atoms with van der Waals surface area (Å²) in [5.74, 6) is 1.36. The van der Waals surface area contributed by atoms with Crippen molar-refractivity contribution >= 4 is 15.9 Å². The Morgan fingerprint density at radius 1 is 1.53 bits per heavy atom. The van der Waals surface area contributed by atoms with Crippen LogP contribution in [0.3, 0.4) is 0 Å². The van der Waals surface area contributed by atoms with E-state index in [4.69, 9.17) is 4.74 Å². The van der Waals surface area contributed by atoms with E-state index in [0.29, 0.717) is 12.0 Å². The third kappa shape index (κ3) is 5.11. The zero-order chi connectivity index (χ0) is 13.7. The number of hydrogen-bond acceptors (Lipinski definition) is 3. The number of nitrogens with one attached hydrogen (secondary N) is 1. The van der Waals surface area contributed by atoms with Gasteiger partial charge in [0.2, 0.25) is 5.88 Å². The van der Waals surface area contributed by atoms with Gasteiger partial charge in [-0.15, -0.1) is 0 Å². The van der Waals surface area contributed by atoms with Crippen LogP contribution in [0, 0.1) is 5.92 Å². The van der Waals surface area contributed by atoms with Crippen LogP contribution in [0.15, 0.2) is 16.7 Å². The molecule has 0 aromatic carbocycles. The van der Waals surface area contributed by atoms with Crippen molar-refractivity contribution in [3.05, 3.63) is 22.3 Å². The van der Waals surface area contributed by atoms with Gasteiger partial charge in [-0.05, 0) is 47.2 Å². The molecule has 1 aliphatic rings. The zero-order valence-corrected chi connectivity index (χ0v) is 13.4. The average molecular weight is 327 g/mol. The fourth-order valence-corrected chi connectivity index (χ4v) is 2.44. The maximum atomic E-state index is 5.89. The van der Waals surface area contributed by atoms with Crippen LogP contribution in [0.4, 0.5) is 0 Å². The molecule has 0 aliphatic heterocycles. The molecule has 1 fully saturated rings. The van der Waals surface area contributed by atoms with E-state index in [2.05, 4.69) is 46.1 Å². The Bertz CT molecular complexity index is 407. The first-order valence-corrected chi connectivity index (χ1v) is 7.99. The second kappa shape index (κ2) is 7.25. The van der Waals surface area contributed by atoms with Crippen molar-refractivity contribution in [2.45, 2.75) is 52.1 Å². The van der Waals surface area contributed by atoms with Crippen molar-refractivity contribution in [2.24, 2.45) is 5.92 Å². The first-order chi connectivity index (χ1) is 9.19. The molecular weight excluding hydrogens is 304 g/mol. The smallest absolute Gasteiger partial charge is 0.217 e. The molecule has 1 N–H and O–H groups in total. The van der Waals surface area contributed by atoms with Crippen molar-refractivity contribution < 1.29 is 4.74 Å². The Kier molecular flexibility index (Phi) is 5.64. The lowest BCUT2D eigenvalue weighted by atomic mass is 10.1. The summed E-state index contributed by atoms with van der Waals surface area (Å²) in [6.45, 7) is 6.03. The molecular formula is C15H23BrN2O. The lowest BCUT2D eigenvalue weighted by Crippen LogP contribution is -2.17. The number of ether oxygens (including phenoxy) is 1. The zero-order valence-electron chi connectivity index (χ0n) is 11.8. The minimum Gasteiger partial charge on any atom is -0.477 e. The molecule has 4 heteroatoms. The minimum atomic E-state index is 0.583. The van der Waals surface area contributed by atoms with E-state index in [1.165, 1.54) is 25.7 Å².